The van der Waals surface area contributed by atoms with Gasteiger partial charge in [-0.2, -0.15) is 0 Å². The summed E-state index contributed by atoms with van der Waals surface area (Å²) >= 11 is 0. The topological polar surface area (TPSA) is 20.2 Å². The third kappa shape index (κ3) is 2.16. The molecule has 2 atom stereocenters. The third-order valence-electron chi connectivity index (χ3n) is 4.76. The van der Waals surface area contributed by atoms with Crippen molar-refractivity contribution in [3.63, 3.8) is 0 Å². The van der Waals surface area contributed by atoms with Crippen molar-refractivity contribution in [2.45, 2.75) is 45.6 Å². The third-order valence-corrected chi connectivity index (χ3v) is 4.76. The molecule has 104 valence electrons. The molecule has 3 rings (SSSR count). The zero-order valence-electron chi connectivity index (χ0n) is 12.5. The highest BCUT2D eigenvalue weighted by molar-refractivity contribution is 5.42. The Morgan fingerprint density at radius 3 is 2.50 bits per heavy atom. The molecule has 1 aliphatic carbocycles. The minimum absolute atomic E-state index is 0.243. The molecule has 0 spiro atoms. The van der Waals surface area contributed by atoms with Crippen LogP contribution in [0.3, 0.4) is 0 Å². The number of aliphatic hydroxyl groups is 1. The average molecular weight is 266 g/mol. The maximum Gasteiger partial charge on any atom is 0.0861 e. The molecule has 0 bridgehead atoms. The van der Waals surface area contributed by atoms with Crippen LogP contribution in [0.15, 0.2) is 36.4 Å². The van der Waals surface area contributed by atoms with E-state index in [0.717, 1.165) is 18.4 Å². The van der Waals surface area contributed by atoms with Crippen molar-refractivity contribution in [3.05, 3.63) is 69.8 Å². The van der Waals surface area contributed by atoms with Crippen LogP contribution in [0.25, 0.3) is 0 Å². The lowest BCUT2D eigenvalue weighted by Gasteiger charge is -2.22. The van der Waals surface area contributed by atoms with Crippen molar-refractivity contribution in [2.24, 2.45) is 0 Å². The Balaban J connectivity index is 1.98. The fourth-order valence-corrected chi connectivity index (χ4v) is 3.44. The molecule has 0 heterocycles. The van der Waals surface area contributed by atoms with E-state index in [0.29, 0.717) is 0 Å². The Hall–Kier alpha value is -1.60. The monoisotopic (exact) mass is 266 g/mol. The molecule has 1 N–H and O–H groups in total. The van der Waals surface area contributed by atoms with Crippen LogP contribution in [0.2, 0.25) is 0 Å². The van der Waals surface area contributed by atoms with E-state index in [1.54, 1.807) is 0 Å². The van der Waals surface area contributed by atoms with Crippen molar-refractivity contribution < 1.29 is 5.11 Å². The predicted octanol–water partition coefficient (Wildman–Crippen LogP) is 4.38. The van der Waals surface area contributed by atoms with Crippen molar-refractivity contribution >= 4 is 0 Å². The van der Waals surface area contributed by atoms with E-state index in [-0.39, 0.29) is 5.92 Å². The van der Waals surface area contributed by atoms with E-state index >= 15 is 0 Å². The van der Waals surface area contributed by atoms with Gasteiger partial charge in [-0.25, -0.2) is 0 Å². The quantitative estimate of drug-likeness (QED) is 0.855. The van der Waals surface area contributed by atoms with Gasteiger partial charge in [0, 0.05) is 5.92 Å². The predicted molar refractivity (Wildman–Crippen MR) is 83.1 cm³/mol. The summed E-state index contributed by atoms with van der Waals surface area (Å²) in [6, 6.07) is 12.9. The molecule has 0 aromatic heterocycles. The highest BCUT2D eigenvalue weighted by Gasteiger charge is 2.30. The van der Waals surface area contributed by atoms with E-state index in [4.69, 9.17) is 0 Å². The van der Waals surface area contributed by atoms with Crippen LogP contribution in [-0.4, -0.2) is 5.11 Å². The number of benzene rings is 2. The van der Waals surface area contributed by atoms with Gasteiger partial charge in [-0.3, -0.25) is 0 Å². The minimum atomic E-state index is -0.391. The van der Waals surface area contributed by atoms with Gasteiger partial charge in [-0.1, -0.05) is 36.4 Å². The summed E-state index contributed by atoms with van der Waals surface area (Å²) in [5, 5.41) is 10.9. The van der Waals surface area contributed by atoms with E-state index < -0.39 is 6.10 Å². The summed E-state index contributed by atoms with van der Waals surface area (Å²) in [6.07, 6.45) is 1.74. The summed E-state index contributed by atoms with van der Waals surface area (Å²) < 4.78 is 0. The van der Waals surface area contributed by atoms with Crippen LogP contribution in [0, 0.1) is 20.8 Å². The maximum atomic E-state index is 10.9. The van der Waals surface area contributed by atoms with Crippen molar-refractivity contribution in [3.8, 4) is 0 Å². The molecule has 2 aromatic carbocycles. The van der Waals surface area contributed by atoms with Gasteiger partial charge >= 0.3 is 0 Å². The van der Waals surface area contributed by atoms with Crippen LogP contribution in [0.1, 0.15) is 51.8 Å². The molecule has 0 amide bonds. The first kappa shape index (κ1) is 13.4. The number of rotatable bonds is 2. The second-order valence-corrected chi connectivity index (χ2v) is 6.08. The smallest absolute Gasteiger partial charge is 0.0861 e. The number of hydrogen-bond acceptors (Lipinski definition) is 1. The Morgan fingerprint density at radius 1 is 1.00 bits per heavy atom. The van der Waals surface area contributed by atoms with E-state index in [2.05, 4.69) is 57.2 Å². The first-order valence-corrected chi connectivity index (χ1v) is 7.41. The van der Waals surface area contributed by atoms with E-state index in [1.165, 1.54) is 27.8 Å². The zero-order valence-corrected chi connectivity index (χ0v) is 12.5. The van der Waals surface area contributed by atoms with Crippen LogP contribution in [0.4, 0.5) is 0 Å². The van der Waals surface area contributed by atoms with E-state index in [1.807, 2.05) is 0 Å². The molecule has 0 saturated heterocycles. The highest BCUT2D eigenvalue weighted by atomic mass is 16.3. The molecule has 20 heavy (non-hydrogen) atoms. The Kier molecular flexibility index (Phi) is 3.39. The summed E-state index contributed by atoms with van der Waals surface area (Å²) in [7, 11) is 0. The molecule has 2 aromatic rings. The van der Waals surface area contributed by atoms with Crippen LogP contribution in [-0.2, 0) is 6.42 Å². The molecule has 2 unspecified atom stereocenters. The zero-order chi connectivity index (χ0) is 14.3. The number of fused-ring (bicyclic) bond motifs is 1. The molecule has 0 aliphatic heterocycles. The standard InChI is InChI=1S/C19H22O/c1-12-10-14(3)18(11-13(12)2)19(20)17-9-8-15-6-4-5-7-16(15)17/h4-7,10-11,17,19-20H,8-9H2,1-3H3. The SMILES string of the molecule is Cc1cc(C)c(C(O)C2CCc3ccccc32)cc1C. The second kappa shape index (κ2) is 5.06. The number of aliphatic hydroxyl groups excluding tert-OH is 1. The largest absolute Gasteiger partial charge is 0.388 e. The molecule has 0 fully saturated rings. The van der Waals surface area contributed by atoms with Gasteiger partial charge in [0.1, 0.15) is 0 Å². The van der Waals surface area contributed by atoms with Gasteiger partial charge in [0.15, 0.2) is 0 Å². The maximum absolute atomic E-state index is 10.9. The van der Waals surface area contributed by atoms with E-state index in [9.17, 15) is 5.11 Å². The first-order valence-electron chi connectivity index (χ1n) is 7.41. The van der Waals surface area contributed by atoms with Crippen molar-refractivity contribution in [2.75, 3.05) is 0 Å². The van der Waals surface area contributed by atoms with Crippen LogP contribution in [0.5, 0.6) is 0 Å². The Labute approximate surface area is 121 Å². The van der Waals surface area contributed by atoms with Crippen LogP contribution >= 0.6 is 0 Å². The first-order chi connectivity index (χ1) is 9.58. The molecule has 1 aliphatic rings. The minimum Gasteiger partial charge on any atom is -0.388 e. The molecule has 1 nitrogen and oxygen atoms in total. The van der Waals surface area contributed by atoms with Crippen LogP contribution < -0.4 is 0 Å². The fraction of sp³-hybridized carbons (Fsp3) is 0.368. The average Bonchev–Trinajstić information content (AvgIpc) is 2.86. The summed E-state index contributed by atoms with van der Waals surface area (Å²) in [5.74, 6) is 0.243. The van der Waals surface area contributed by atoms with Crippen molar-refractivity contribution in [1.29, 1.82) is 0 Å². The number of aryl methyl sites for hydroxylation is 4. The Bertz CT molecular complexity index is 642. The summed E-state index contributed by atoms with van der Waals surface area (Å²) in [6.45, 7) is 6.35. The lowest BCUT2D eigenvalue weighted by atomic mass is 9.87. The second-order valence-electron chi connectivity index (χ2n) is 6.08. The van der Waals surface area contributed by atoms with Gasteiger partial charge in [0.25, 0.3) is 0 Å². The normalized spacial score (nSPS) is 18.9. The van der Waals surface area contributed by atoms with Gasteiger partial charge in [-0.05, 0) is 67.0 Å². The number of hydrogen-bond donors (Lipinski definition) is 1. The summed E-state index contributed by atoms with van der Waals surface area (Å²) in [4.78, 5) is 0. The summed E-state index contributed by atoms with van der Waals surface area (Å²) in [5.41, 5.74) is 7.58. The van der Waals surface area contributed by atoms with Crippen molar-refractivity contribution in [1.82, 2.24) is 0 Å². The van der Waals surface area contributed by atoms with Gasteiger partial charge in [0.2, 0.25) is 0 Å². The molecular weight excluding hydrogens is 244 g/mol. The molecular formula is C19H22O. The Morgan fingerprint density at radius 2 is 1.70 bits per heavy atom. The molecule has 1 heteroatoms. The van der Waals surface area contributed by atoms with Gasteiger partial charge < -0.3 is 5.11 Å². The van der Waals surface area contributed by atoms with Gasteiger partial charge in [-0.15, -0.1) is 0 Å². The molecule has 0 saturated carbocycles. The van der Waals surface area contributed by atoms with Gasteiger partial charge in [0.05, 0.1) is 6.10 Å². The fourth-order valence-electron chi connectivity index (χ4n) is 3.44. The lowest BCUT2D eigenvalue weighted by molar-refractivity contribution is 0.144. The highest BCUT2D eigenvalue weighted by Crippen LogP contribution is 2.42. The molecule has 0 radical (unpaired) electrons. The lowest BCUT2D eigenvalue weighted by Crippen LogP contribution is -2.10.